The van der Waals surface area contributed by atoms with E-state index in [2.05, 4.69) is 16.9 Å². The summed E-state index contributed by atoms with van der Waals surface area (Å²) >= 11 is 0. The van der Waals surface area contributed by atoms with E-state index in [1.54, 1.807) is 0 Å². The topological polar surface area (TPSA) is 70.3 Å². The number of hydrogen-bond donors (Lipinski definition) is 1. The maximum absolute atomic E-state index is 5.82. The Bertz CT molecular complexity index is 378. The van der Waals surface area contributed by atoms with E-state index in [1.807, 2.05) is 6.92 Å². The van der Waals surface area contributed by atoms with Crippen molar-refractivity contribution in [3.8, 4) is 5.88 Å². The second kappa shape index (κ2) is 4.65. The molecule has 1 aromatic rings. The SMILES string of the molecule is CCCc1nc(N)c(C)c(OC2COC2)n1. The molecule has 0 amide bonds. The summed E-state index contributed by atoms with van der Waals surface area (Å²) < 4.78 is 10.7. The monoisotopic (exact) mass is 223 g/mol. The van der Waals surface area contributed by atoms with Crippen molar-refractivity contribution in [2.75, 3.05) is 18.9 Å². The Morgan fingerprint density at radius 2 is 2.19 bits per heavy atom. The molecule has 88 valence electrons. The van der Waals surface area contributed by atoms with Crippen molar-refractivity contribution in [1.29, 1.82) is 0 Å². The molecule has 2 N–H and O–H groups in total. The molecule has 2 rings (SSSR count). The summed E-state index contributed by atoms with van der Waals surface area (Å²) in [7, 11) is 0. The van der Waals surface area contributed by atoms with Crippen molar-refractivity contribution in [3.05, 3.63) is 11.4 Å². The van der Waals surface area contributed by atoms with Crippen LogP contribution in [-0.2, 0) is 11.2 Å². The number of aromatic nitrogens is 2. The molecule has 0 unspecified atom stereocenters. The fraction of sp³-hybridized carbons (Fsp3) is 0.636. The van der Waals surface area contributed by atoms with Crippen LogP contribution >= 0.6 is 0 Å². The first-order chi connectivity index (χ1) is 7.70. The lowest BCUT2D eigenvalue weighted by Crippen LogP contribution is -2.39. The largest absolute Gasteiger partial charge is 0.469 e. The van der Waals surface area contributed by atoms with Gasteiger partial charge in [-0.2, -0.15) is 4.98 Å². The first-order valence-corrected chi connectivity index (χ1v) is 5.58. The molecule has 2 heterocycles. The van der Waals surface area contributed by atoms with E-state index in [9.17, 15) is 0 Å². The number of hydrogen-bond acceptors (Lipinski definition) is 5. The van der Waals surface area contributed by atoms with Crippen molar-refractivity contribution in [2.45, 2.75) is 32.8 Å². The van der Waals surface area contributed by atoms with Crippen LogP contribution in [0.5, 0.6) is 5.88 Å². The highest BCUT2D eigenvalue weighted by Gasteiger charge is 2.22. The number of ether oxygens (including phenoxy) is 2. The Morgan fingerprint density at radius 3 is 2.75 bits per heavy atom. The predicted molar refractivity (Wildman–Crippen MR) is 60.4 cm³/mol. The standard InChI is InChI=1S/C11H17N3O2/c1-3-4-9-13-10(12)7(2)11(14-9)16-8-5-15-6-8/h8H,3-6H2,1-2H3,(H2,12,13,14). The van der Waals surface area contributed by atoms with Crippen LogP contribution in [0.2, 0.25) is 0 Å². The van der Waals surface area contributed by atoms with Gasteiger partial charge in [-0.15, -0.1) is 0 Å². The average Bonchev–Trinajstić information content (AvgIpc) is 2.19. The van der Waals surface area contributed by atoms with Crippen molar-refractivity contribution in [2.24, 2.45) is 0 Å². The van der Waals surface area contributed by atoms with Crippen LogP contribution in [-0.4, -0.2) is 29.3 Å². The van der Waals surface area contributed by atoms with Gasteiger partial charge >= 0.3 is 0 Å². The number of nitrogens with two attached hydrogens (primary N) is 1. The Hall–Kier alpha value is -1.36. The predicted octanol–water partition coefficient (Wildman–Crippen LogP) is 1.10. The molecule has 0 atom stereocenters. The van der Waals surface area contributed by atoms with Gasteiger partial charge in [-0.3, -0.25) is 0 Å². The van der Waals surface area contributed by atoms with Crippen LogP contribution in [0, 0.1) is 6.92 Å². The van der Waals surface area contributed by atoms with Crippen molar-refractivity contribution >= 4 is 5.82 Å². The maximum atomic E-state index is 5.82. The van der Waals surface area contributed by atoms with Gasteiger partial charge in [-0.05, 0) is 13.3 Å². The van der Waals surface area contributed by atoms with Gasteiger partial charge in [0.15, 0.2) is 0 Å². The second-order valence-corrected chi connectivity index (χ2v) is 3.98. The lowest BCUT2D eigenvalue weighted by molar-refractivity contribution is -0.0816. The lowest BCUT2D eigenvalue weighted by atomic mass is 10.2. The summed E-state index contributed by atoms with van der Waals surface area (Å²) in [6.45, 7) is 5.22. The van der Waals surface area contributed by atoms with Crippen LogP contribution in [0.3, 0.4) is 0 Å². The van der Waals surface area contributed by atoms with Gasteiger partial charge < -0.3 is 15.2 Å². The third-order valence-corrected chi connectivity index (χ3v) is 2.54. The number of aryl methyl sites for hydroxylation is 1. The number of rotatable bonds is 4. The fourth-order valence-corrected chi connectivity index (χ4v) is 1.45. The van der Waals surface area contributed by atoms with E-state index >= 15 is 0 Å². The van der Waals surface area contributed by atoms with Crippen LogP contribution in [0.15, 0.2) is 0 Å². The van der Waals surface area contributed by atoms with Crippen molar-refractivity contribution < 1.29 is 9.47 Å². The normalized spacial score (nSPS) is 15.9. The Morgan fingerprint density at radius 1 is 1.44 bits per heavy atom. The van der Waals surface area contributed by atoms with Gasteiger partial charge in [0.25, 0.3) is 0 Å². The first-order valence-electron chi connectivity index (χ1n) is 5.58. The van der Waals surface area contributed by atoms with E-state index in [-0.39, 0.29) is 6.10 Å². The minimum atomic E-state index is 0.113. The van der Waals surface area contributed by atoms with Crippen molar-refractivity contribution in [1.82, 2.24) is 9.97 Å². The van der Waals surface area contributed by atoms with Crippen LogP contribution in [0.25, 0.3) is 0 Å². The van der Waals surface area contributed by atoms with E-state index in [0.717, 1.165) is 24.2 Å². The van der Waals surface area contributed by atoms with Crippen LogP contribution in [0.4, 0.5) is 5.82 Å². The highest BCUT2D eigenvalue weighted by molar-refractivity contribution is 5.44. The Kier molecular flexibility index (Phi) is 3.24. The van der Waals surface area contributed by atoms with Gasteiger partial charge in [0.05, 0.1) is 18.8 Å². The van der Waals surface area contributed by atoms with Gasteiger partial charge in [0.2, 0.25) is 5.88 Å². The van der Waals surface area contributed by atoms with Crippen molar-refractivity contribution in [3.63, 3.8) is 0 Å². The molecule has 0 saturated carbocycles. The smallest absolute Gasteiger partial charge is 0.222 e. The van der Waals surface area contributed by atoms with Gasteiger partial charge in [-0.25, -0.2) is 4.98 Å². The van der Waals surface area contributed by atoms with E-state index in [0.29, 0.717) is 24.9 Å². The molecule has 1 fully saturated rings. The molecule has 1 aliphatic heterocycles. The summed E-state index contributed by atoms with van der Waals surface area (Å²) in [4.78, 5) is 8.61. The summed E-state index contributed by atoms with van der Waals surface area (Å²) in [5.41, 5.74) is 6.64. The molecular weight excluding hydrogens is 206 g/mol. The summed E-state index contributed by atoms with van der Waals surface area (Å²) in [6.07, 6.45) is 1.93. The molecule has 0 aromatic carbocycles. The zero-order valence-corrected chi connectivity index (χ0v) is 9.69. The lowest BCUT2D eigenvalue weighted by Gasteiger charge is -2.27. The van der Waals surface area contributed by atoms with Gasteiger partial charge in [0, 0.05) is 6.42 Å². The molecular formula is C11H17N3O2. The van der Waals surface area contributed by atoms with Crippen LogP contribution < -0.4 is 10.5 Å². The summed E-state index contributed by atoms with van der Waals surface area (Å²) in [5.74, 6) is 1.86. The number of nitrogens with zero attached hydrogens (tertiary/aromatic N) is 2. The molecule has 0 bridgehead atoms. The minimum Gasteiger partial charge on any atom is -0.469 e. The fourth-order valence-electron chi connectivity index (χ4n) is 1.45. The highest BCUT2D eigenvalue weighted by Crippen LogP contribution is 2.22. The molecule has 5 heteroatoms. The number of nitrogen functional groups attached to an aromatic ring is 1. The zero-order valence-electron chi connectivity index (χ0n) is 9.69. The molecule has 5 nitrogen and oxygen atoms in total. The highest BCUT2D eigenvalue weighted by atomic mass is 16.6. The second-order valence-electron chi connectivity index (χ2n) is 3.98. The molecule has 16 heavy (non-hydrogen) atoms. The minimum absolute atomic E-state index is 0.113. The Balaban J connectivity index is 2.19. The zero-order chi connectivity index (χ0) is 11.5. The molecule has 0 radical (unpaired) electrons. The number of anilines is 1. The quantitative estimate of drug-likeness (QED) is 0.827. The van der Waals surface area contributed by atoms with E-state index in [1.165, 1.54) is 0 Å². The van der Waals surface area contributed by atoms with E-state index in [4.69, 9.17) is 15.2 Å². The third kappa shape index (κ3) is 2.24. The van der Waals surface area contributed by atoms with Crippen LogP contribution in [0.1, 0.15) is 24.7 Å². The summed E-state index contributed by atoms with van der Waals surface area (Å²) in [5, 5.41) is 0. The molecule has 1 aromatic heterocycles. The molecule has 0 spiro atoms. The first kappa shape index (κ1) is 11.1. The third-order valence-electron chi connectivity index (χ3n) is 2.54. The average molecular weight is 223 g/mol. The maximum Gasteiger partial charge on any atom is 0.222 e. The van der Waals surface area contributed by atoms with Gasteiger partial charge in [0.1, 0.15) is 17.7 Å². The summed E-state index contributed by atoms with van der Waals surface area (Å²) in [6, 6.07) is 0. The molecule has 0 aliphatic carbocycles. The van der Waals surface area contributed by atoms with Gasteiger partial charge in [-0.1, -0.05) is 6.92 Å². The Labute approximate surface area is 95.0 Å². The molecule has 1 saturated heterocycles. The molecule has 1 aliphatic rings. The van der Waals surface area contributed by atoms with E-state index < -0.39 is 0 Å².